The average Bonchev–Trinajstić information content (AvgIpc) is 2.59. The Hall–Kier alpha value is -1.57. The minimum atomic E-state index is -2.15. The Balaban J connectivity index is 2.45. The molecule has 2 aromatic rings. The third-order valence-electron chi connectivity index (χ3n) is 5.95. The van der Waals surface area contributed by atoms with Crippen LogP contribution in [0.15, 0.2) is 30.3 Å². The number of hydrogen-bond acceptors (Lipinski definition) is 3. The van der Waals surface area contributed by atoms with E-state index in [9.17, 15) is 4.89 Å². The molecule has 1 unspecified atom stereocenters. The Morgan fingerprint density at radius 3 is 1.55 bits per heavy atom. The number of hydrogen-bond donors (Lipinski definition) is 1. The van der Waals surface area contributed by atoms with Crippen LogP contribution in [0.3, 0.4) is 0 Å². The van der Waals surface area contributed by atoms with E-state index in [0.29, 0.717) is 11.5 Å². The first-order chi connectivity index (χ1) is 14.7. The van der Waals surface area contributed by atoms with Gasteiger partial charge in [-0.1, -0.05) is 107 Å². The van der Waals surface area contributed by atoms with Crippen molar-refractivity contribution >= 4 is 8.60 Å². The molecule has 3 nitrogen and oxygen atoms in total. The second-order valence-corrected chi connectivity index (χ2v) is 14.1. The van der Waals surface area contributed by atoms with E-state index in [0.717, 1.165) is 16.7 Å². The zero-order chi connectivity index (χ0) is 25.6. The molecular formula is C29H45O3P. The number of aryl methyl sites for hydroxylation is 1. The molecule has 0 aromatic heterocycles. The molecule has 0 heterocycles. The Kier molecular flexibility index (Phi) is 7.74. The van der Waals surface area contributed by atoms with Crippen molar-refractivity contribution in [1.82, 2.24) is 0 Å². The van der Waals surface area contributed by atoms with Gasteiger partial charge in [-0.2, -0.15) is 0 Å². The summed E-state index contributed by atoms with van der Waals surface area (Å²) in [5.41, 5.74) is 5.45. The van der Waals surface area contributed by atoms with E-state index in [2.05, 4.69) is 107 Å². The molecule has 0 saturated heterocycles. The Bertz CT molecular complexity index is 980. The fourth-order valence-electron chi connectivity index (χ4n) is 3.73. The second kappa shape index (κ2) is 9.23. The lowest BCUT2D eigenvalue weighted by Crippen LogP contribution is -2.19. The summed E-state index contributed by atoms with van der Waals surface area (Å²) in [6.07, 6.45) is 0. The minimum Gasteiger partial charge on any atom is -0.418 e. The van der Waals surface area contributed by atoms with Gasteiger partial charge in [-0.05, 0) is 51.3 Å². The molecule has 0 fully saturated rings. The highest BCUT2D eigenvalue weighted by molar-refractivity contribution is 7.41. The van der Waals surface area contributed by atoms with Crippen LogP contribution >= 0.6 is 8.60 Å². The zero-order valence-electron chi connectivity index (χ0n) is 23.1. The molecule has 4 heteroatoms. The first-order valence-electron chi connectivity index (χ1n) is 11.9. The first kappa shape index (κ1) is 27.7. The van der Waals surface area contributed by atoms with Gasteiger partial charge in [-0.25, -0.2) is 0 Å². The van der Waals surface area contributed by atoms with Crippen molar-refractivity contribution in [2.75, 3.05) is 0 Å². The van der Waals surface area contributed by atoms with Gasteiger partial charge in [0, 0.05) is 11.1 Å². The number of rotatable bonds is 4. The molecule has 2 aromatic carbocycles. The predicted molar refractivity (Wildman–Crippen MR) is 143 cm³/mol. The fourth-order valence-corrected chi connectivity index (χ4v) is 4.49. The van der Waals surface area contributed by atoms with E-state index in [1.807, 2.05) is 13.0 Å². The maximum absolute atomic E-state index is 10.9. The van der Waals surface area contributed by atoms with Gasteiger partial charge in [0.25, 0.3) is 0 Å². The van der Waals surface area contributed by atoms with Crippen LogP contribution < -0.4 is 9.05 Å². The van der Waals surface area contributed by atoms with E-state index in [-0.39, 0.29) is 21.7 Å². The standard InChI is InChI=1S/C29H45O3P/c1-19-16-21(27(5,6)7)18-23(29(11,12)13)25(19)32-33(30)31-24-15-14-20(26(2,3)4)17-22(24)28(8,9)10/h14-18,30H,1-13H3. The zero-order valence-corrected chi connectivity index (χ0v) is 24.0. The maximum Gasteiger partial charge on any atom is 0.460 e. The summed E-state index contributed by atoms with van der Waals surface area (Å²) in [5, 5.41) is 0. The van der Waals surface area contributed by atoms with Crippen LogP contribution in [-0.2, 0) is 21.7 Å². The van der Waals surface area contributed by atoms with Crippen molar-refractivity contribution in [1.29, 1.82) is 0 Å². The van der Waals surface area contributed by atoms with E-state index in [1.165, 1.54) is 11.1 Å². The van der Waals surface area contributed by atoms with Crippen LogP contribution in [-0.4, -0.2) is 4.89 Å². The van der Waals surface area contributed by atoms with Gasteiger partial charge >= 0.3 is 8.60 Å². The fraction of sp³-hybridized carbons (Fsp3) is 0.586. The average molecular weight is 473 g/mol. The summed E-state index contributed by atoms with van der Waals surface area (Å²) in [5.74, 6) is 1.39. The Morgan fingerprint density at radius 2 is 1.09 bits per heavy atom. The molecule has 0 amide bonds. The van der Waals surface area contributed by atoms with Crippen LogP contribution in [0.25, 0.3) is 0 Å². The van der Waals surface area contributed by atoms with Crippen LogP contribution in [0.4, 0.5) is 0 Å². The van der Waals surface area contributed by atoms with E-state index in [4.69, 9.17) is 9.05 Å². The van der Waals surface area contributed by atoms with Crippen LogP contribution in [0, 0.1) is 6.92 Å². The summed E-state index contributed by atoms with van der Waals surface area (Å²) in [7, 11) is -2.15. The largest absolute Gasteiger partial charge is 0.460 e. The SMILES string of the molecule is Cc1cc(C(C)(C)C)cc(C(C)(C)C)c1OP(O)Oc1ccc(C(C)(C)C)cc1C(C)(C)C. The highest BCUT2D eigenvalue weighted by Crippen LogP contribution is 2.46. The van der Waals surface area contributed by atoms with Crippen molar-refractivity contribution < 1.29 is 13.9 Å². The van der Waals surface area contributed by atoms with Gasteiger partial charge in [0.1, 0.15) is 11.5 Å². The predicted octanol–water partition coefficient (Wildman–Crippen LogP) is 8.86. The normalized spacial score (nSPS) is 14.2. The lowest BCUT2D eigenvalue weighted by Gasteiger charge is -2.30. The van der Waals surface area contributed by atoms with Crippen LogP contribution in [0.1, 0.15) is 111 Å². The van der Waals surface area contributed by atoms with Gasteiger partial charge in [-0.15, -0.1) is 0 Å². The highest BCUT2D eigenvalue weighted by Gasteiger charge is 2.29. The highest BCUT2D eigenvalue weighted by atomic mass is 31.2. The van der Waals surface area contributed by atoms with Crippen molar-refractivity contribution in [2.24, 2.45) is 0 Å². The van der Waals surface area contributed by atoms with Crippen LogP contribution in [0.5, 0.6) is 11.5 Å². The summed E-state index contributed by atoms with van der Waals surface area (Å²) in [4.78, 5) is 10.9. The van der Waals surface area contributed by atoms with Gasteiger partial charge in [0.15, 0.2) is 0 Å². The van der Waals surface area contributed by atoms with Crippen molar-refractivity contribution in [3.63, 3.8) is 0 Å². The molecule has 0 spiro atoms. The van der Waals surface area contributed by atoms with Crippen molar-refractivity contribution in [3.8, 4) is 11.5 Å². The molecular weight excluding hydrogens is 427 g/mol. The van der Waals surface area contributed by atoms with Crippen molar-refractivity contribution in [3.05, 3.63) is 58.1 Å². The molecule has 0 saturated carbocycles. The molecule has 184 valence electrons. The molecule has 0 aliphatic heterocycles. The van der Waals surface area contributed by atoms with Gasteiger partial charge < -0.3 is 13.9 Å². The molecule has 2 rings (SSSR count). The molecule has 0 aliphatic rings. The monoisotopic (exact) mass is 472 g/mol. The van der Waals surface area contributed by atoms with Crippen molar-refractivity contribution in [2.45, 2.75) is 112 Å². The maximum atomic E-state index is 10.9. The summed E-state index contributed by atoms with van der Waals surface area (Å²) < 4.78 is 12.2. The van der Waals surface area contributed by atoms with E-state index < -0.39 is 8.60 Å². The van der Waals surface area contributed by atoms with E-state index >= 15 is 0 Å². The Labute approximate surface area is 203 Å². The second-order valence-electron chi connectivity index (χ2n) is 13.3. The molecule has 0 bridgehead atoms. The van der Waals surface area contributed by atoms with Crippen LogP contribution in [0.2, 0.25) is 0 Å². The summed E-state index contributed by atoms with van der Waals surface area (Å²) in [6, 6.07) is 10.6. The number of benzene rings is 2. The van der Waals surface area contributed by atoms with Gasteiger partial charge in [0.05, 0.1) is 0 Å². The lowest BCUT2D eigenvalue weighted by molar-refractivity contribution is 0.369. The summed E-state index contributed by atoms with van der Waals surface area (Å²) in [6.45, 7) is 28.3. The molecule has 33 heavy (non-hydrogen) atoms. The van der Waals surface area contributed by atoms with Gasteiger partial charge in [0.2, 0.25) is 0 Å². The molecule has 1 atom stereocenters. The van der Waals surface area contributed by atoms with E-state index in [1.54, 1.807) is 0 Å². The first-order valence-corrected chi connectivity index (χ1v) is 13.0. The van der Waals surface area contributed by atoms with Gasteiger partial charge in [-0.3, -0.25) is 0 Å². The topological polar surface area (TPSA) is 38.7 Å². The summed E-state index contributed by atoms with van der Waals surface area (Å²) >= 11 is 0. The third-order valence-corrected chi connectivity index (χ3v) is 6.64. The third kappa shape index (κ3) is 6.96. The minimum absolute atomic E-state index is 0.0279. The quantitative estimate of drug-likeness (QED) is 0.452. The lowest BCUT2D eigenvalue weighted by atomic mass is 9.79. The molecule has 0 aliphatic carbocycles. The Morgan fingerprint density at radius 1 is 0.606 bits per heavy atom. The molecule has 0 radical (unpaired) electrons. The smallest absolute Gasteiger partial charge is 0.418 e. The molecule has 1 N–H and O–H groups in total.